The number of nitrogens with zero attached hydrogens (tertiary/aromatic N) is 1. The molecule has 0 spiro atoms. The van der Waals surface area contributed by atoms with Gasteiger partial charge in [0.15, 0.2) is 5.75 Å². The van der Waals surface area contributed by atoms with Gasteiger partial charge in [-0.05, 0) is 54.2 Å². The summed E-state index contributed by atoms with van der Waals surface area (Å²) in [4.78, 5) is 10.3. The molecule has 7 heteroatoms. The Labute approximate surface area is 124 Å². The topological polar surface area (TPSA) is 64.4 Å². The fourth-order valence-corrected chi connectivity index (χ4v) is 2.60. The summed E-state index contributed by atoms with van der Waals surface area (Å²) >= 11 is 3.01. The molecule has 1 atom stereocenters. The van der Waals surface area contributed by atoms with Crippen LogP contribution < -0.4 is 10.1 Å². The van der Waals surface area contributed by atoms with Crippen molar-refractivity contribution in [1.82, 2.24) is 5.32 Å². The number of piperidine rings is 1. The lowest BCUT2D eigenvalue weighted by atomic mass is 9.97. The van der Waals surface area contributed by atoms with Gasteiger partial charge >= 0.3 is 5.69 Å². The summed E-state index contributed by atoms with van der Waals surface area (Å²) in [5.74, 6) is -0.0285. The highest BCUT2D eigenvalue weighted by Gasteiger charge is 2.20. The van der Waals surface area contributed by atoms with Crippen LogP contribution in [0.4, 0.5) is 10.1 Å². The molecule has 0 aromatic heterocycles. The number of hydrogen-bond acceptors (Lipinski definition) is 4. The molecule has 0 saturated carbocycles. The van der Waals surface area contributed by atoms with E-state index < -0.39 is 10.7 Å². The van der Waals surface area contributed by atoms with Crippen LogP contribution in [0.15, 0.2) is 16.6 Å². The Balaban J connectivity index is 1.97. The molecule has 0 amide bonds. The highest BCUT2D eigenvalue weighted by atomic mass is 79.9. The lowest BCUT2D eigenvalue weighted by Crippen LogP contribution is -2.30. The zero-order valence-electron chi connectivity index (χ0n) is 10.9. The Morgan fingerprint density at radius 3 is 3.00 bits per heavy atom. The molecular weight excluding hydrogens is 331 g/mol. The molecule has 0 bridgehead atoms. The van der Waals surface area contributed by atoms with Crippen LogP contribution in [0, 0.1) is 21.8 Å². The highest BCUT2D eigenvalue weighted by Crippen LogP contribution is 2.32. The van der Waals surface area contributed by atoms with Gasteiger partial charge in [-0.3, -0.25) is 10.1 Å². The lowest BCUT2D eigenvalue weighted by Gasteiger charge is -2.22. The third-order valence-electron chi connectivity index (χ3n) is 3.38. The van der Waals surface area contributed by atoms with Gasteiger partial charge in [0.2, 0.25) is 0 Å². The maximum absolute atomic E-state index is 13.3. The van der Waals surface area contributed by atoms with Crippen LogP contribution in [0.2, 0.25) is 0 Å². The van der Waals surface area contributed by atoms with Crippen LogP contribution >= 0.6 is 15.9 Å². The van der Waals surface area contributed by atoms with E-state index in [4.69, 9.17) is 4.74 Å². The molecule has 2 rings (SSSR count). The first-order valence-corrected chi connectivity index (χ1v) is 7.34. The van der Waals surface area contributed by atoms with E-state index in [1.165, 1.54) is 6.07 Å². The number of benzene rings is 1. The predicted octanol–water partition coefficient (Wildman–Crippen LogP) is 3.26. The van der Waals surface area contributed by atoms with Gasteiger partial charge in [-0.1, -0.05) is 0 Å². The quantitative estimate of drug-likeness (QED) is 0.656. The van der Waals surface area contributed by atoms with Crippen molar-refractivity contribution in [3.63, 3.8) is 0 Å². The highest BCUT2D eigenvalue weighted by molar-refractivity contribution is 9.10. The third-order valence-corrected chi connectivity index (χ3v) is 3.99. The van der Waals surface area contributed by atoms with Gasteiger partial charge in [0, 0.05) is 6.07 Å². The average molecular weight is 347 g/mol. The van der Waals surface area contributed by atoms with Crippen LogP contribution in [0.3, 0.4) is 0 Å². The van der Waals surface area contributed by atoms with Crippen LogP contribution in [-0.2, 0) is 0 Å². The first-order valence-electron chi connectivity index (χ1n) is 6.55. The maximum Gasteiger partial charge on any atom is 0.313 e. The molecule has 1 aromatic carbocycles. The van der Waals surface area contributed by atoms with Crippen LogP contribution in [0.1, 0.15) is 19.3 Å². The van der Waals surface area contributed by atoms with E-state index in [1.54, 1.807) is 0 Å². The van der Waals surface area contributed by atoms with Gasteiger partial charge in [0.25, 0.3) is 0 Å². The minimum absolute atomic E-state index is 0.104. The van der Waals surface area contributed by atoms with E-state index in [2.05, 4.69) is 21.2 Å². The van der Waals surface area contributed by atoms with Crippen LogP contribution in [0.25, 0.3) is 0 Å². The fraction of sp³-hybridized carbons (Fsp3) is 0.538. The summed E-state index contributed by atoms with van der Waals surface area (Å²) in [7, 11) is 0. The summed E-state index contributed by atoms with van der Waals surface area (Å²) in [6.07, 6.45) is 3.12. The van der Waals surface area contributed by atoms with Gasteiger partial charge in [0.05, 0.1) is 22.1 Å². The Hall–Kier alpha value is -1.21. The van der Waals surface area contributed by atoms with Gasteiger partial charge in [-0.2, -0.15) is 0 Å². The zero-order valence-corrected chi connectivity index (χ0v) is 12.5. The largest absolute Gasteiger partial charge is 0.487 e. The van der Waals surface area contributed by atoms with Gasteiger partial charge in [-0.15, -0.1) is 0 Å². The van der Waals surface area contributed by atoms with E-state index in [0.717, 1.165) is 38.4 Å². The minimum atomic E-state index is -0.666. The number of nitro benzene ring substituents is 1. The summed E-state index contributed by atoms with van der Waals surface area (Å²) in [6, 6.07) is 2.19. The molecule has 1 N–H and O–H groups in total. The van der Waals surface area contributed by atoms with Crippen molar-refractivity contribution in [2.75, 3.05) is 19.7 Å². The molecule has 110 valence electrons. The standard InChI is InChI=1S/C13H16BrFN2O3/c14-10-6-13(12(17(18)19)7-11(10)15)20-5-3-9-2-1-4-16-8-9/h6-7,9,16H,1-5,8H2. The van der Waals surface area contributed by atoms with Crippen molar-refractivity contribution in [3.05, 3.63) is 32.5 Å². The van der Waals surface area contributed by atoms with Gasteiger partial charge in [-0.25, -0.2) is 4.39 Å². The van der Waals surface area contributed by atoms with Crippen molar-refractivity contribution >= 4 is 21.6 Å². The minimum Gasteiger partial charge on any atom is -0.487 e. The maximum atomic E-state index is 13.3. The van der Waals surface area contributed by atoms with Crippen molar-refractivity contribution in [2.24, 2.45) is 5.92 Å². The third kappa shape index (κ3) is 3.89. The molecule has 20 heavy (non-hydrogen) atoms. The van der Waals surface area contributed by atoms with E-state index in [0.29, 0.717) is 12.5 Å². The summed E-state index contributed by atoms with van der Waals surface area (Å²) in [5, 5.41) is 14.2. The molecule has 1 fully saturated rings. The molecule has 1 aliphatic heterocycles. The summed E-state index contributed by atoms with van der Waals surface area (Å²) < 4.78 is 19.0. The van der Waals surface area contributed by atoms with E-state index in [-0.39, 0.29) is 15.9 Å². The SMILES string of the molecule is O=[N+]([O-])c1cc(F)c(Br)cc1OCCC1CCCNC1. The Kier molecular flexibility index (Phi) is 5.31. The second-order valence-electron chi connectivity index (χ2n) is 4.84. The molecule has 5 nitrogen and oxygen atoms in total. The molecule has 1 heterocycles. The smallest absolute Gasteiger partial charge is 0.313 e. The number of nitrogens with one attached hydrogen (secondary N) is 1. The molecule has 1 unspecified atom stereocenters. The van der Waals surface area contributed by atoms with Crippen molar-refractivity contribution < 1.29 is 14.1 Å². The predicted molar refractivity (Wildman–Crippen MR) is 76.5 cm³/mol. The lowest BCUT2D eigenvalue weighted by molar-refractivity contribution is -0.386. The summed E-state index contributed by atoms with van der Waals surface area (Å²) in [5.41, 5.74) is -0.340. The van der Waals surface area contributed by atoms with E-state index in [9.17, 15) is 14.5 Å². The van der Waals surface area contributed by atoms with Gasteiger partial charge in [0.1, 0.15) is 5.82 Å². The summed E-state index contributed by atoms with van der Waals surface area (Å²) in [6.45, 7) is 2.40. The molecule has 0 aliphatic carbocycles. The normalized spacial score (nSPS) is 18.8. The fourth-order valence-electron chi connectivity index (χ4n) is 2.28. The number of halogens is 2. The van der Waals surface area contributed by atoms with Crippen molar-refractivity contribution in [2.45, 2.75) is 19.3 Å². The number of ether oxygens (including phenoxy) is 1. The van der Waals surface area contributed by atoms with Crippen molar-refractivity contribution in [3.8, 4) is 5.75 Å². The van der Waals surface area contributed by atoms with Gasteiger partial charge < -0.3 is 10.1 Å². The molecule has 1 saturated heterocycles. The van der Waals surface area contributed by atoms with Crippen molar-refractivity contribution in [1.29, 1.82) is 0 Å². The Bertz CT molecular complexity index is 493. The first kappa shape index (κ1) is 15.2. The van der Waals surface area contributed by atoms with Crippen LogP contribution in [0.5, 0.6) is 5.75 Å². The first-order chi connectivity index (χ1) is 9.58. The molecule has 1 aliphatic rings. The molecule has 1 aromatic rings. The second-order valence-corrected chi connectivity index (χ2v) is 5.70. The second kappa shape index (κ2) is 6.99. The Morgan fingerprint density at radius 1 is 1.55 bits per heavy atom. The molecule has 0 radical (unpaired) electrons. The number of rotatable bonds is 5. The monoisotopic (exact) mass is 346 g/mol. The average Bonchev–Trinajstić information content (AvgIpc) is 2.43. The number of nitro groups is 1. The zero-order chi connectivity index (χ0) is 14.5. The van der Waals surface area contributed by atoms with Crippen LogP contribution in [-0.4, -0.2) is 24.6 Å². The van der Waals surface area contributed by atoms with E-state index >= 15 is 0 Å². The van der Waals surface area contributed by atoms with E-state index in [1.807, 2.05) is 0 Å². The molecular formula is C13H16BrFN2O3. The Morgan fingerprint density at radius 2 is 2.35 bits per heavy atom. The number of hydrogen-bond donors (Lipinski definition) is 1.